The molecule has 144 valence electrons. The smallest absolute Gasteiger partial charge is 0.251 e. The van der Waals surface area contributed by atoms with Crippen molar-refractivity contribution in [2.45, 2.75) is 25.9 Å². The first-order valence-electron chi connectivity index (χ1n) is 8.71. The molecular weight excluding hydrogens is 364 g/mol. The predicted molar refractivity (Wildman–Crippen MR) is 96.5 cm³/mol. The quantitative estimate of drug-likeness (QED) is 0.755. The monoisotopic (exact) mass is 387 g/mol. The number of nitrogens with one attached hydrogen (secondary N) is 2. The largest absolute Gasteiger partial charge is 0.352 e. The first kappa shape index (κ1) is 20.6. The Balaban J connectivity index is 1.70. The zero-order chi connectivity index (χ0) is 19.1. The van der Waals surface area contributed by atoms with Crippen molar-refractivity contribution in [1.82, 2.24) is 15.5 Å². The van der Waals surface area contributed by atoms with Crippen LogP contribution in [-0.2, 0) is 4.79 Å². The normalized spacial score (nSPS) is 16.9. The van der Waals surface area contributed by atoms with Crippen molar-refractivity contribution < 1.29 is 18.4 Å². The van der Waals surface area contributed by atoms with Crippen LogP contribution in [0.15, 0.2) is 18.2 Å². The van der Waals surface area contributed by atoms with Crippen LogP contribution in [0.4, 0.5) is 8.78 Å². The van der Waals surface area contributed by atoms with Gasteiger partial charge >= 0.3 is 0 Å². The summed E-state index contributed by atoms with van der Waals surface area (Å²) in [5.74, 6) is -0.776. The van der Waals surface area contributed by atoms with E-state index in [1.54, 1.807) is 0 Å². The first-order chi connectivity index (χ1) is 12.3. The predicted octanol–water partition coefficient (Wildman–Crippen LogP) is 2.40. The van der Waals surface area contributed by atoms with E-state index in [1.807, 2.05) is 4.90 Å². The molecule has 26 heavy (non-hydrogen) atoms. The first-order valence-corrected chi connectivity index (χ1v) is 9.08. The topological polar surface area (TPSA) is 61.4 Å². The summed E-state index contributed by atoms with van der Waals surface area (Å²) >= 11 is 5.76. The van der Waals surface area contributed by atoms with Gasteiger partial charge in [0.15, 0.2) is 0 Å². The van der Waals surface area contributed by atoms with Gasteiger partial charge in [-0.15, -0.1) is 0 Å². The number of alkyl halides is 1. The third-order valence-corrected chi connectivity index (χ3v) is 4.55. The van der Waals surface area contributed by atoms with Gasteiger partial charge in [0.2, 0.25) is 5.91 Å². The van der Waals surface area contributed by atoms with Gasteiger partial charge in [-0.2, -0.15) is 0 Å². The van der Waals surface area contributed by atoms with Gasteiger partial charge in [-0.1, -0.05) is 11.6 Å². The maximum Gasteiger partial charge on any atom is 0.251 e. The molecule has 1 aliphatic heterocycles. The molecule has 1 aromatic carbocycles. The molecule has 2 amide bonds. The van der Waals surface area contributed by atoms with Gasteiger partial charge in [-0.25, -0.2) is 8.78 Å². The highest BCUT2D eigenvalue weighted by atomic mass is 35.5. The molecule has 1 heterocycles. The van der Waals surface area contributed by atoms with Gasteiger partial charge in [0.05, 0.1) is 6.54 Å². The lowest BCUT2D eigenvalue weighted by Gasteiger charge is -2.31. The van der Waals surface area contributed by atoms with Gasteiger partial charge in [0.25, 0.3) is 5.91 Å². The summed E-state index contributed by atoms with van der Waals surface area (Å²) < 4.78 is 26.0. The zero-order valence-corrected chi connectivity index (χ0v) is 15.5. The number of nitrogens with zero attached hydrogens (tertiary/aromatic N) is 1. The number of likely N-dealkylation sites (tertiary alicyclic amines) is 1. The molecule has 0 spiro atoms. The molecular formula is C18H24ClF2N3O2. The van der Waals surface area contributed by atoms with E-state index in [0.717, 1.165) is 38.1 Å². The van der Waals surface area contributed by atoms with Gasteiger partial charge in [-0.3, -0.25) is 14.5 Å². The van der Waals surface area contributed by atoms with Crippen molar-refractivity contribution in [2.24, 2.45) is 5.92 Å². The minimum Gasteiger partial charge on any atom is -0.352 e. The van der Waals surface area contributed by atoms with Crippen LogP contribution in [-0.4, -0.2) is 55.6 Å². The minimum absolute atomic E-state index is 0.0332. The second-order valence-corrected chi connectivity index (χ2v) is 7.11. The summed E-state index contributed by atoms with van der Waals surface area (Å²) in [5, 5.41) is 5.55. The average Bonchev–Trinajstić information content (AvgIpc) is 2.58. The van der Waals surface area contributed by atoms with E-state index in [1.165, 1.54) is 13.0 Å². The number of benzene rings is 1. The highest BCUT2D eigenvalue weighted by Gasteiger charge is 2.21. The van der Waals surface area contributed by atoms with Crippen LogP contribution in [0.2, 0.25) is 5.02 Å². The van der Waals surface area contributed by atoms with E-state index < -0.39 is 12.0 Å². The van der Waals surface area contributed by atoms with Crippen LogP contribution in [0, 0.1) is 11.7 Å². The lowest BCUT2D eigenvalue weighted by atomic mass is 9.96. The number of rotatable bonds is 7. The Morgan fingerprint density at radius 2 is 1.96 bits per heavy atom. The molecule has 0 radical (unpaired) electrons. The van der Waals surface area contributed by atoms with Gasteiger partial charge < -0.3 is 10.6 Å². The number of amides is 2. The molecule has 1 aliphatic rings. The second-order valence-electron chi connectivity index (χ2n) is 6.67. The summed E-state index contributed by atoms with van der Waals surface area (Å²) in [7, 11) is 0. The molecule has 0 aromatic heterocycles. The van der Waals surface area contributed by atoms with Crippen LogP contribution in [0.1, 0.15) is 30.1 Å². The highest BCUT2D eigenvalue weighted by molar-refractivity contribution is 6.31. The van der Waals surface area contributed by atoms with E-state index in [-0.39, 0.29) is 35.5 Å². The van der Waals surface area contributed by atoms with E-state index >= 15 is 0 Å². The Labute approximate surface area is 157 Å². The Morgan fingerprint density at radius 1 is 1.27 bits per heavy atom. The molecule has 1 unspecified atom stereocenters. The Kier molecular flexibility index (Phi) is 7.78. The standard InChI is InChI=1S/C18H24ClF2N3O2/c1-12(20)9-22-17(25)11-24-4-2-13(3-5-24)10-23-18(26)14-6-15(19)8-16(21)7-14/h6-8,12-13H,2-5,9-11H2,1H3,(H,22,25)(H,23,26). The summed E-state index contributed by atoms with van der Waals surface area (Å²) in [6.07, 6.45) is 0.634. The van der Waals surface area contributed by atoms with Crippen LogP contribution in [0.25, 0.3) is 0 Å². The molecule has 5 nitrogen and oxygen atoms in total. The number of carbonyl (C=O) groups excluding carboxylic acids is 2. The lowest BCUT2D eigenvalue weighted by molar-refractivity contribution is -0.122. The van der Waals surface area contributed by atoms with E-state index in [9.17, 15) is 18.4 Å². The fourth-order valence-electron chi connectivity index (χ4n) is 2.89. The Hall–Kier alpha value is -1.73. The SMILES string of the molecule is CC(F)CNC(=O)CN1CCC(CNC(=O)c2cc(F)cc(Cl)c2)CC1. The van der Waals surface area contributed by atoms with Crippen molar-refractivity contribution in [3.05, 3.63) is 34.6 Å². The van der Waals surface area contributed by atoms with Crippen molar-refractivity contribution in [3.8, 4) is 0 Å². The number of halogens is 3. The number of hydrogen-bond donors (Lipinski definition) is 2. The van der Waals surface area contributed by atoms with Gasteiger partial charge in [0, 0.05) is 23.7 Å². The fraction of sp³-hybridized carbons (Fsp3) is 0.556. The molecule has 2 rings (SSSR count). The third-order valence-electron chi connectivity index (χ3n) is 4.33. The van der Waals surface area contributed by atoms with Crippen molar-refractivity contribution in [1.29, 1.82) is 0 Å². The van der Waals surface area contributed by atoms with Crippen LogP contribution in [0.3, 0.4) is 0 Å². The summed E-state index contributed by atoms with van der Waals surface area (Å²) in [6.45, 7) is 3.67. The molecule has 1 saturated heterocycles. The Bertz CT molecular complexity index is 615. The maximum atomic E-state index is 13.3. The number of hydrogen-bond acceptors (Lipinski definition) is 3. The zero-order valence-electron chi connectivity index (χ0n) is 14.7. The number of piperidine rings is 1. The van der Waals surface area contributed by atoms with Crippen molar-refractivity contribution in [2.75, 3.05) is 32.7 Å². The van der Waals surface area contributed by atoms with E-state index in [4.69, 9.17) is 11.6 Å². The summed E-state index contributed by atoms with van der Waals surface area (Å²) in [4.78, 5) is 25.8. The van der Waals surface area contributed by atoms with E-state index in [0.29, 0.717) is 12.5 Å². The summed E-state index contributed by atoms with van der Waals surface area (Å²) in [5.41, 5.74) is 0.200. The maximum absolute atomic E-state index is 13.3. The van der Waals surface area contributed by atoms with Gasteiger partial charge in [-0.05, 0) is 57.0 Å². The molecule has 1 fully saturated rings. The molecule has 2 N–H and O–H groups in total. The molecule has 1 aromatic rings. The van der Waals surface area contributed by atoms with Crippen LogP contribution < -0.4 is 10.6 Å². The van der Waals surface area contributed by atoms with Gasteiger partial charge in [0.1, 0.15) is 12.0 Å². The molecule has 0 bridgehead atoms. The Morgan fingerprint density at radius 3 is 2.58 bits per heavy atom. The third kappa shape index (κ3) is 6.88. The molecule has 0 saturated carbocycles. The van der Waals surface area contributed by atoms with Crippen molar-refractivity contribution >= 4 is 23.4 Å². The highest BCUT2D eigenvalue weighted by Crippen LogP contribution is 2.17. The van der Waals surface area contributed by atoms with Crippen LogP contribution >= 0.6 is 11.6 Å². The molecule has 1 atom stereocenters. The van der Waals surface area contributed by atoms with E-state index in [2.05, 4.69) is 10.6 Å². The van der Waals surface area contributed by atoms with Crippen LogP contribution in [0.5, 0.6) is 0 Å². The lowest BCUT2D eigenvalue weighted by Crippen LogP contribution is -2.44. The second kappa shape index (κ2) is 9.83. The number of carbonyl (C=O) groups is 2. The molecule has 0 aliphatic carbocycles. The van der Waals surface area contributed by atoms with Crippen molar-refractivity contribution in [3.63, 3.8) is 0 Å². The minimum atomic E-state index is -1.05. The fourth-order valence-corrected chi connectivity index (χ4v) is 3.11. The molecule has 8 heteroatoms. The summed E-state index contributed by atoms with van der Waals surface area (Å²) in [6, 6.07) is 3.73. The average molecular weight is 388 g/mol.